The number of para-hydroxylation sites is 1. The van der Waals surface area contributed by atoms with E-state index < -0.39 is 17.9 Å². The van der Waals surface area contributed by atoms with Gasteiger partial charge in [-0.15, -0.1) is 0 Å². The minimum atomic E-state index is -0.731. The van der Waals surface area contributed by atoms with Crippen molar-refractivity contribution in [2.75, 3.05) is 5.32 Å². The van der Waals surface area contributed by atoms with Crippen molar-refractivity contribution < 1.29 is 19.1 Å². The van der Waals surface area contributed by atoms with Crippen molar-refractivity contribution in [2.24, 2.45) is 5.92 Å². The second-order valence-corrected chi connectivity index (χ2v) is 6.94. The van der Waals surface area contributed by atoms with E-state index in [2.05, 4.69) is 16.2 Å². The zero-order valence-corrected chi connectivity index (χ0v) is 17.1. The molecular formula is C22H27N3O4. The Kier molecular flexibility index (Phi) is 7.77. The van der Waals surface area contributed by atoms with E-state index in [4.69, 9.17) is 4.74 Å². The average molecular weight is 397 g/mol. The van der Waals surface area contributed by atoms with E-state index in [1.165, 1.54) is 0 Å². The van der Waals surface area contributed by atoms with Crippen LogP contribution in [0.5, 0.6) is 5.75 Å². The van der Waals surface area contributed by atoms with E-state index in [9.17, 15) is 14.4 Å². The third-order valence-corrected chi connectivity index (χ3v) is 4.26. The maximum atomic E-state index is 12.4. The van der Waals surface area contributed by atoms with E-state index in [0.717, 1.165) is 5.56 Å². The summed E-state index contributed by atoms with van der Waals surface area (Å²) in [6.07, 6.45) is -0.287. The molecule has 2 rings (SSSR count). The van der Waals surface area contributed by atoms with Gasteiger partial charge in [0.2, 0.25) is 5.91 Å². The summed E-state index contributed by atoms with van der Waals surface area (Å²) in [7, 11) is 0. The molecule has 0 aliphatic rings. The highest BCUT2D eigenvalue weighted by Crippen LogP contribution is 2.18. The monoisotopic (exact) mass is 397 g/mol. The van der Waals surface area contributed by atoms with E-state index >= 15 is 0 Å². The van der Waals surface area contributed by atoms with Crippen LogP contribution in [0.1, 0.15) is 43.1 Å². The van der Waals surface area contributed by atoms with Gasteiger partial charge in [0, 0.05) is 17.2 Å². The summed E-state index contributed by atoms with van der Waals surface area (Å²) >= 11 is 0. The molecule has 0 spiro atoms. The van der Waals surface area contributed by atoms with Crippen LogP contribution < -0.4 is 20.9 Å². The molecule has 154 valence electrons. The van der Waals surface area contributed by atoms with Crippen molar-refractivity contribution in [2.45, 2.75) is 40.2 Å². The standard InChI is InChI=1S/C22H27N3O4/c1-5-18(29-19-9-7-6-8-15(19)4)22(28)25-24-21(27)16-10-12-17(13-11-16)23-20(26)14(2)3/h6-14,18H,5H2,1-4H3,(H,23,26)(H,24,27)(H,25,28). The number of nitrogens with one attached hydrogen (secondary N) is 3. The van der Waals surface area contributed by atoms with Gasteiger partial charge >= 0.3 is 0 Å². The van der Waals surface area contributed by atoms with Gasteiger partial charge in [0.15, 0.2) is 6.10 Å². The normalized spacial score (nSPS) is 11.5. The number of carbonyl (C=O) groups excluding carboxylic acids is 3. The summed E-state index contributed by atoms with van der Waals surface area (Å²) < 4.78 is 5.76. The van der Waals surface area contributed by atoms with Crippen LogP contribution in [0.15, 0.2) is 48.5 Å². The molecule has 0 aliphatic carbocycles. The maximum absolute atomic E-state index is 12.4. The zero-order valence-electron chi connectivity index (χ0n) is 17.1. The van der Waals surface area contributed by atoms with Gasteiger partial charge in [-0.05, 0) is 49.2 Å². The van der Waals surface area contributed by atoms with Crippen LogP contribution in [0.3, 0.4) is 0 Å². The summed E-state index contributed by atoms with van der Waals surface area (Å²) in [4.78, 5) is 36.3. The molecule has 0 aliphatic heterocycles. The largest absolute Gasteiger partial charge is 0.480 e. The van der Waals surface area contributed by atoms with Crippen LogP contribution in [-0.4, -0.2) is 23.8 Å². The smallest absolute Gasteiger partial charge is 0.279 e. The number of hydrazine groups is 1. The maximum Gasteiger partial charge on any atom is 0.279 e. The van der Waals surface area contributed by atoms with Gasteiger partial charge in [-0.25, -0.2) is 0 Å². The molecule has 1 unspecified atom stereocenters. The number of hydrogen-bond acceptors (Lipinski definition) is 4. The number of benzene rings is 2. The fourth-order valence-corrected chi connectivity index (χ4v) is 2.43. The Morgan fingerprint density at radius 3 is 2.17 bits per heavy atom. The molecular weight excluding hydrogens is 370 g/mol. The highest BCUT2D eigenvalue weighted by atomic mass is 16.5. The first-order valence-corrected chi connectivity index (χ1v) is 9.55. The molecule has 7 heteroatoms. The van der Waals surface area contributed by atoms with Crippen LogP contribution in [-0.2, 0) is 9.59 Å². The summed E-state index contributed by atoms with van der Waals surface area (Å²) in [5, 5.41) is 2.75. The molecule has 0 radical (unpaired) electrons. The van der Waals surface area contributed by atoms with E-state index in [1.54, 1.807) is 44.2 Å². The summed E-state index contributed by atoms with van der Waals surface area (Å²) in [5.41, 5.74) is 6.66. The van der Waals surface area contributed by atoms with Gasteiger partial charge in [-0.1, -0.05) is 39.0 Å². The minimum Gasteiger partial charge on any atom is -0.480 e. The molecule has 1 atom stereocenters. The second-order valence-electron chi connectivity index (χ2n) is 6.94. The Balaban J connectivity index is 1.90. The second kappa shape index (κ2) is 10.3. The zero-order chi connectivity index (χ0) is 21.4. The highest BCUT2D eigenvalue weighted by Gasteiger charge is 2.20. The number of amides is 3. The number of aryl methyl sites for hydroxylation is 1. The molecule has 3 N–H and O–H groups in total. The predicted octanol–water partition coefficient (Wildman–Crippen LogP) is 3.21. The van der Waals surface area contributed by atoms with Crippen molar-refractivity contribution >= 4 is 23.4 Å². The molecule has 0 heterocycles. The Morgan fingerprint density at radius 1 is 0.931 bits per heavy atom. The Morgan fingerprint density at radius 2 is 1.59 bits per heavy atom. The van der Waals surface area contributed by atoms with Crippen molar-refractivity contribution in [1.82, 2.24) is 10.9 Å². The lowest BCUT2D eigenvalue weighted by Gasteiger charge is -2.18. The van der Waals surface area contributed by atoms with Gasteiger partial charge in [0.1, 0.15) is 5.75 Å². The topological polar surface area (TPSA) is 96.5 Å². The van der Waals surface area contributed by atoms with Crippen molar-refractivity contribution in [1.29, 1.82) is 0 Å². The first kappa shape index (κ1) is 21.9. The molecule has 0 bridgehead atoms. The van der Waals surface area contributed by atoms with Crippen LogP contribution >= 0.6 is 0 Å². The predicted molar refractivity (Wildman–Crippen MR) is 111 cm³/mol. The van der Waals surface area contributed by atoms with Crippen LogP contribution in [0.25, 0.3) is 0 Å². The van der Waals surface area contributed by atoms with Gasteiger partial charge < -0.3 is 10.1 Å². The number of ether oxygens (including phenoxy) is 1. The Hall–Kier alpha value is -3.35. The highest BCUT2D eigenvalue weighted by molar-refractivity contribution is 5.97. The van der Waals surface area contributed by atoms with E-state index in [0.29, 0.717) is 23.4 Å². The number of carbonyl (C=O) groups is 3. The first-order valence-electron chi connectivity index (χ1n) is 9.55. The minimum absolute atomic E-state index is 0.103. The lowest BCUT2D eigenvalue weighted by Crippen LogP contribution is -2.48. The molecule has 7 nitrogen and oxygen atoms in total. The fourth-order valence-electron chi connectivity index (χ4n) is 2.43. The molecule has 3 amide bonds. The number of rotatable bonds is 7. The molecule has 2 aromatic carbocycles. The molecule has 29 heavy (non-hydrogen) atoms. The number of anilines is 1. The van der Waals surface area contributed by atoms with E-state index in [1.807, 2.05) is 32.0 Å². The van der Waals surface area contributed by atoms with Crippen molar-refractivity contribution in [3.05, 3.63) is 59.7 Å². The van der Waals surface area contributed by atoms with Crippen LogP contribution in [0.2, 0.25) is 0 Å². The molecule has 2 aromatic rings. The molecule has 0 aromatic heterocycles. The lowest BCUT2D eigenvalue weighted by molar-refractivity contribution is -0.129. The van der Waals surface area contributed by atoms with E-state index in [-0.39, 0.29) is 11.8 Å². The third-order valence-electron chi connectivity index (χ3n) is 4.26. The molecule has 0 saturated carbocycles. The lowest BCUT2D eigenvalue weighted by atomic mass is 10.1. The van der Waals surface area contributed by atoms with Gasteiger partial charge in [-0.3, -0.25) is 25.2 Å². The van der Waals surface area contributed by atoms with Gasteiger partial charge in [0.25, 0.3) is 11.8 Å². The first-order chi connectivity index (χ1) is 13.8. The molecule has 0 saturated heterocycles. The van der Waals surface area contributed by atoms with Gasteiger partial charge in [-0.2, -0.15) is 0 Å². The number of hydrogen-bond donors (Lipinski definition) is 3. The van der Waals surface area contributed by atoms with Crippen molar-refractivity contribution in [3.8, 4) is 5.75 Å². The van der Waals surface area contributed by atoms with Crippen LogP contribution in [0, 0.1) is 12.8 Å². The fraction of sp³-hybridized carbons (Fsp3) is 0.318. The summed E-state index contributed by atoms with van der Waals surface area (Å²) in [6, 6.07) is 13.8. The van der Waals surface area contributed by atoms with Crippen LogP contribution in [0.4, 0.5) is 5.69 Å². The average Bonchev–Trinajstić information content (AvgIpc) is 2.71. The quantitative estimate of drug-likeness (QED) is 0.625. The summed E-state index contributed by atoms with van der Waals surface area (Å²) in [6.45, 7) is 7.32. The third kappa shape index (κ3) is 6.34. The summed E-state index contributed by atoms with van der Waals surface area (Å²) in [5.74, 6) is -0.522. The Labute approximate surface area is 170 Å². The SMILES string of the molecule is CCC(Oc1ccccc1C)C(=O)NNC(=O)c1ccc(NC(=O)C(C)C)cc1. The Bertz CT molecular complexity index is 863. The van der Waals surface area contributed by atoms with Crippen molar-refractivity contribution in [3.63, 3.8) is 0 Å². The van der Waals surface area contributed by atoms with Gasteiger partial charge in [0.05, 0.1) is 0 Å². The molecule has 0 fully saturated rings.